The Bertz CT molecular complexity index is 418. The number of nitrogens with one attached hydrogen (secondary N) is 1. The zero-order chi connectivity index (χ0) is 13.0. The van der Waals surface area contributed by atoms with E-state index in [2.05, 4.69) is 26.2 Å². The van der Waals surface area contributed by atoms with Gasteiger partial charge in [-0.05, 0) is 47.3 Å². The monoisotopic (exact) mass is 311 g/mol. The summed E-state index contributed by atoms with van der Waals surface area (Å²) in [6, 6.07) is 1.87. The van der Waals surface area contributed by atoms with E-state index in [0.717, 1.165) is 36.0 Å². The van der Waals surface area contributed by atoms with Gasteiger partial charge in [-0.15, -0.1) is 0 Å². The summed E-state index contributed by atoms with van der Waals surface area (Å²) in [5, 5.41) is 3.25. The van der Waals surface area contributed by atoms with Crippen LogP contribution in [0.5, 0.6) is 0 Å². The molecule has 5 heteroatoms. The molecule has 0 saturated carbocycles. The van der Waals surface area contributed by atoms with E-state index in [4.69, 9.17) is 0 Å². The molecule has 0 bridgehead atoms. The Hall–Kier alpha value is -0.940. The van der Waals surface area contributed by atoms with E-state index in [1.807, 2.05) is 24.1 Å². The molecule has 1 N–H and O–H groups in total. The van der Waals surface area contributed by atoms with Gasteiger partial charge in [0.25, 0.3) is 0 Å². The maximum Gasteiger partial charge on any atom is 0.239 e. The highest BCUT2D eigenvalue weighted by atomic mass is 79.9. The van der Waals surface area contributed by atoms with Crippen molar-refractivity contribution in [1.82, 2.24) is 15.2 Å². The van der Waals surface area contributed by atoms with Crippen LogP contribution in [0.4, 0.5) is 0 Å². The van der Waals surface area contributed by atoms with Gasteiger partial charge < -0.3 is 10.2 Å². The van der Waals surface area contributed by atoms with Crippen molar-refractivity contribution in [3.63, 3.8) is 0 Å². The summed E-state index contributed by atoms with van der Waals surface area (Å²) in [4.78, 5) is 18.1. The van der Waals surface area contributed by atoms with Crippen LogP contribution in [0, 0.1) is 0 Å². The molecule has 1 unspecified atom stereocenters. The Balaban J connectivity index is 1.84. The third-order valence-corrected chi connectivity index (χ3v) is 3.60. The number of aromatic nitrogens is 1. The number of hydrogen-bond acceptors (Lipinski definition) is 3. The van der Waals surface area contributed by atoms with E-state index in [0.29, 0.717) is 6.54 Å². The van der Waals surface area contributed by atoms with Crippen LogP contribution in [0.3, 0.4) is 0 Å². The summed E-state index contributed by atoms with van der Waals surface area (Å²) >= 11 is 3.39. The Morgan fingerprint density at radius 3 is 2.89 bits per heavy atom. The molecule has 1 amide bonds. The first-order chi connectivity index (χ1) is 8.66. The highest BCUT2D eigenvalue weighted by Gasteiger charge is 2.22. The number of likely N-dealkylation sites (tertiary alicyclic amines) is 1. The highest BCUT2D eigenvalue weighted by Crippen LogP contribution is 2.11. The number of pyridine rings is 1. The molecule has 1 aromatic rings. The lowest BCUT2D eigenvalue weighted by Gasteiger charge is -2.21. The molecule has 98 valence electrons. The lowest BCUT2D eigenvalue weighted by Crippen LogP contribution is -2.43. The quantitative estimate of drug-likeness (QED) is 0.924. The zero-order valence-electron chi connectivity index (χ0n) is 10.5. The van der Waals surface area contributed by atoms with Gasteiger partial charge in [-0.2, -0.15) is 0 Å². The van der Waals surface area contributed by atoms with E-state index in [-0.39, 0.29) is 11.9 Å². The van der Waals surface area contributed by atoms with E-state index in [1.54, 1.807) is 6.20 Å². The topological polar surface area (TPSA) is 45.2 Å². The summed E-state index contributed by atoms with van der Waals surface area (Å²) in [7, 11) is 0. The van der Waals surface area contributed by atoms with Gasteiger partial charge in [0.05, 0.1) is 6.04 Å². The van der Waals surface area contributed by atoms with Crippen molar-refractivity contribution in [3.8, 4) is 0 Å². The SMILES string of the molecule is CC(NCc1cncc(Br)c1)C(=O)N1CCCC1. The number of nitrogens with zero attached hydrogens (tertiary/aromatic N) is 2. The minimum absolute atomic E-state index is 0.137. The van der Waals surface area contributed by atoms with Crippen molar-refractivity contribution in [2.24, 2.45) is 0 Å². The summed E-state index contributed by atoms with van der Waals surface area (Å²) in [6.07, 6.45) is 5.83. The highest BCUT2D eigenvalue weighted by molar-refractivity contribution is 9.10. The fourth-order valence-corrected chi connectivity index (χ4v) is 2.53. The van der Waals surface area contributed by atoms with Gasteiger partial charge in [0.2, 0.25) is 5.91 Å². The molecule has 1 fully saturated rings. The molecule has 2 heterocycles. The van der Waals surface area contributed by atoms with Crippen LogP contribution in [0.2, 0.25) is 0 Å². The molecule has 4 nitrogen and oxygen atoms in total. The third-order valence-electron chi connectivity index (χ3n) is 3.16. The summed E-state index contributed by atoms with van der Waals surface area (Å²) in [5.74, 6) is 0.204. The Labute approximate surface area is 116 Å². The lowest BCUT2D eigenvalue weighted by molar-refractivity contribution is -0.131. The number of carbonyl (C=O) groups is 1. The maximum atomic E-state index is 12.1. The average Bonchev–Trinajstić information content (AvgIpc) is 2.89. The normalized spacial score (nSPS) is 16.9. The Morgan fingerprint density at radius 2 is 2.22 bits per heavy atom. The molecule has 0 spiro atoms. The molecule has 1 saturated heterocycles. The van der Waals surface area contributed by atoms with Crippen molar-refractivity contribution < 1.29 is 4.79 Å². The summed E-state index contributed by atoms with van der Waals surface area (Å²) in [5.41, 5.74) is 1.07. The fraction of sp³-hybridized carbons (Fsp3) is 0.538. The van der Waals surface area contributed by atoms with Gasteiger partial charge >= 0.3 is 0 Å². The number of hydrogen-bond donors (Lipinski definition) is 1. The number of halogens is 1. The van der Waals surface area contributed by atoms with Crippen LogP contribution < -0.4 is 5.32 Å². The maximum absolute atomic E-state index is 12.1. The van der Waals surface area contributed by atoms with Crippen LogP contribution in [-0.4, -0.2) is 34.9 Å². The van der Waals surface area contributed by atoms with Crippen LogP contribution in [0.25, 0.3) is 0 Å². The lowest BCUT2D eigenvalue weighted by atomic mass is 10.2. The fourth-order valence-electron chi connectivity index (χ4n) is 2.12. The van der Waals surface area contributed by atoms with Gasteiger partial charge in [0.15, 0.2) is 0 Å². The van der Waals surface area contributed by atoms with Gasteiger partial charge in [-0.25, -0.2) is 0 Å². The summed E-state index contributed by atoms with van der Waals surface area (Å²) < 4.78 is 0.959. The van der Waals surface area contributed by atoms with Crippen molar-refractivity contribution >= 4 is 21.8 Å². The molecule has 1 aromatic heterocycles. The van der Waals surface area contributed by atoms with E-state index in [1.165, 1.54) is 0 Å². The first kappa shape index (κ1) is 13.5. The first-order valence-corrected chi connectivity index (χ1v) is 7.08. The molecular weight excluding hydrogens is 294 g/mol. The molecular formula is C13H18BrN3O. The van der Waals surface area contributed by atoms with Crippen LogP contribution >= 0.6 is 15.9 Å². The second-order valence-corrected chi connectivity index (χ2v) is 5.56. The largest absolute Gasteiger partial charge is 0.341 e. The van der Waals surface area contributed by atoms with E-state index >= 15 is 0 Å². The molecule has 0 radical (unpaired) electrons. The van der Waals surface area contributed by atoms with Gasteiger partial charge in [0, 0.05) is 36.5 Å². The standard InChI is InChI=1S/C13H18BrN3O/c1-10(13(18)17-4-2-3-5-17)16-8-11-6-12(14)9-15-7-11/h6-7,9-10,16H,2-5,8H2,1H3. The zero-order valence-corrected chi connectivity index (χ0v) is 12.1. The Kier molecular flexibility index (Phi) is 4.72. The molecule has 1 aliphatic rings. The first-order valence-electron chi connectivity index (χ1n) is 6.28. The van der Waals surface area contributed by atoms with Crippen molar-refractivity contribution in [2.75, 3.05) is 13.1 Å². The van der Waals surface area contributed by atoms with Crippen LogP contribution in [0.1, 0.15) is 25.3 Å². The molecule has 18 heavy (non-hydrogen) atoms. The second-order valence-electron chi connectivity index (χ2n) is 4.65. The number of carbonyl (C=O) groups excluding carboxylic acids is 1. The van der Waals surface area contributed by atoms with E-state index < -0.39 is 0 Å². The smallest absolute Gasteiger partial charge is 0.239 e. The average molecular weight is 312 g/mol. The molecule has 1 atom stereocenters. The predicted molar refractivity (Wildman–Crippen MR) is 74.1 cm³/mol. The van der Waals surface area contributed by atoms with Crippen molar-refractivity contribution in [3.05, 3.63) is 28.5 Å². The predicted octanol–water partition coefficient (Wildman–Crippen LogP) is 1.94. The summed E-state index contributed by atoms with van der Waals surface area (Å²) in [6.45, 7) is 4.39. The molecule has 1 aliphatic heterocycles. The minimum Gasteiger partial charge on any atom is -0.341 e. The minimum atomic E-state index is -0.137. The third kappa shape index (κ3) is 3.53. The van der Waals surface area contributed by atoms with E-state index in [9.17, 15) is 4.79 Å². The van der Waals surface area contributed by atoms with Gasteiger partial charge in [-0.1, -0.05) is 0 Å². The van der Waals surface area contributed by atoms with Crippen molar-refractivity contribution in [2.45, 2.75) is 32.4 Å². The number of amides is 1. The second kappa shape index (κ2) is 6.29. The number of rotatable bonds is 4. The molecule has 0 aromatic carbocycles. The van der Waals surface area contributed by atoms with Gasteiger partial charge in [0.1, 0.15) is 0 Å². The van der Waals surface area contributed by atoms with Gasteiger partial charge in [-0.3, -0.25) is 9.78 Å². The van der Waals surface area contributed by atoms with Crippen LogP contribution in [-0.2, 0) is 11.3 Å². The van der Waals surface area contributed by atoms with Crippen molar-refractivity contribution in [1.29, 1.82) is 0 Å². The molecule has 0 aliphatic carbocycles. The molecule has 2 rings (SSSR count). The van der Waals surface area contributed by atoms with Crippen LogP contribution in [0.15, 0.2) is 22.9 Å². The Morgan fingerprint density at radius 1 is 1.50 bits per heavy atom.